The summed E-state index contributed by atoms with van der Waals surface area (Å²) in [5.41, 5.74) is 0. The summed E-state index contributed by atoms with van der Waals surface area (Å²) in [5.74, 6) is -0.727. The molecular formula is C9H17N3O5S. The van der Waals surface area contributed by atoms with Crippen molar-refractivity contribution >= 4 is 21.8 Å². The zero-order valence-electron chi connectivity index (χ0n) is 10.2. The topological polar surface area (TPSA) is 116 Å². The molecular weight excluding hydrogens is 262 g/mol. The highest BCUT2D eigenvalue weighted by Crippen LogP contribution is 2.10. The zero-order valence-corrected chi connectivity index (χ0v) is 11.0. The SMILES string of the molecule is CC(=O)N[C@@H]1CN(C(=O)CNS(C)(=O)=O)C[C@H]1O. The van der Waals surface area contributed by atoms with Gasteiger partial charge < -0.3 is 15.3 Å². The second-order valence-electron chi connectivity index (χ2n) is 4.27. The monoisotopic (exact) mass is 279 g/mol. The van der Waals surface area contributed by atoms with E-state index in [1.807, 2.05) is 0 Å². The number of sulfonamides is 1. The number of carbonyl (C=O) groups is 2. The van der Waals surface area contributed by atoms with Crippen molar-refractivity contribution in [2.24, 2.45) is 0 Å². The van der Waals surface area contributed by atoms with Crippen LogP contribution >= 0.6 is 0 Å². The molecule has 3 N–H and O–H groups in total. The van der Waals surface area contributed by atoms with Gasteiger partial charge in [0.2, 0.25) is 21.8 Å². The molecule has 8 nitrogen and oxygen atoms in total. The molecule has 1 rings (SSSR count). The molecule has 104 valence electrons. The van der Waals surface area contributed by atoms with Crippen molar-refractivity contribution in [3.05, 3.63) is 0 Å². The third-order valence-electron chi connectivity index (χ3n) is 2.52. The molecule has 1 heterocycles. The van der Waals surface area contributed by atoms with Crippen LogP contribution < -0.4 is 10.0 Å². The van der Waals surface area contributed by atoms with Gasteiger partial charge in [-0.3, -0.25) is 9.59 Å². The fraction of sp³-hybridized carbons (Fsp3) is 0.778. The molecule has 0 aliphatic carbocycles. The van der Waals surface area contributed by atoms with Crippen LogP contribution in [0.1, 0.15) is 6.92 Å². The number of aliphatic hydroxyl groups is 1. The van der Waals surface area contributed by atoms with E-state index in [9.17, 15) is 23.1 Å². The highest BCUT2D eigenvalue weighted by molar-refractivity contribution is 7.88. The van der Waals surface area contributed by atoms with Gasteiger partial charge in [0.15, 0.2) is 0 Å². The Hall–Kier alpha value is -1.19. The van der Waals surface area contributed by atoms with Gasteiger partial charge in [-0.1, -0.05) is 0 Å². The van der Waals surface area contributed by atoms with Gasteiger partial charge in [0, 0.05) is 20.0 Å². The maximum absolute atomic E-state index is 11.6. The first-order chi connectivity index (χ1) is 8.19. The molecule has 1 aliphatic rings. The van der Waals surface area contributed by atoms with E-state index in [1.54, 1.807) is 0 Å². The minimum atomic E-state index is -3.42. The Kier molecular flexibility index (Phi) is 4.65. The van der Waals surface area contributed by atoms with Crippen LogP contribution in [0.25, 0.3) is 0 Å². The smallest absolute Gasteiger partial charge is 0.237 e. The summed E-state index contributed by atoms with van der Waals surface area (Å²) >= 11 is 0. The van der Waals surface area contributed by atoms with Crippen LogP contribution in [0.5, 0.6) is 0 Å². The summed E-state index contributed by atoms with van der Waals surface area (Å²) in [4.78, 5) is 23.8. The molecule has 1 fully saturated rings. The number of amides is 2. The van der Waals surface area contributed by atoms with E-state index in [-0.39, 0.29) is 25.5 Å². The van der Waals surface area contributed by atoms with E-state index in [1.165, 1.54) is 11.8 Å². The number of β-amino-alcohol motifs (C(OH)–C–C–N with tert-alkyl or cyclic N) is 1. The molecule has 0 aromatic heterocycles. The maximum atomic E-state index is 11.6. The van der Waals surface area contributed by atoms with Crippen LogP contribution in [0, 0.1) is 0 Å². The number of likely N-dealkylation sites (tertiary alicyclic amines) is 1. The predicted octanol–water partition coefficient (Wildman–Crippen LogP) is -2.76. The van der Waals surface area contributed by atoms with Crippen LogP contribution in [0.15, 0.2) is 0 Å². The van der Waals surface area contributed by atoms with Gasteiger partial charge in [0.1, 0.15) is 0 Å². The summed E-state index contributed by atoms with van der Waals surface area (Å²) < 4.78 is 23.8. The lowest BCUT2D eigenvalue weighted by Gasteiger charge is -2.16. The normalized spacial score (nSPS) is 24.1. The second kappa shape index (κ2) is 5.63. The quantitative estimate of drug-likeness (QED) is 0.516. The molecule has 0 aromatic carbocycles. The Labute approximate surface area is 105 Å². The van der Waals surface area contributed by atoms with Gasteiger partial charge in [0.25, 0.3) is 0 Å². The van der Waals surface area contributed by atoms with Crippen LogP contribution in [-0.2, 0) is 19.6 Å². The van der Waals surface area contributed by atoms with Crippen LogP contribution in [0.4, 0.5) is 0 Å². The number of rotatable bonds is 4. The van der Waals surface area contributed by atoms with Crippen LogP contribution in [0.3, 0.4) is 0 Å². The summed E-state index contributed by atoms with van der Waals surface area (Å²) in [6.45, 7) is 1.22. The average molecular weight is 279 g/mol. The van der Waals surface area contributed by atoms with Gasteiger partial charge in [-0.25, -0.2) is 13.1 Å². The zero-order chi connectivity index (χ0) is 13.9. The molecule has 0 unspecified atom stereocenters. The molecule has 0 aromatic rings. The number of aliphatic hydroxyl groups excluding tert-OH is 1. The molecule has 0 spiro atoms. The minimum absolute atomic E-state index is 0.0786. The predicted molar refractivity (Wildman–Crippen MR) is 63.0 cm³/mol. The van der Waals surface area contributed by atoms with Gasteiger partial charge in [0.05, 0.1) is 24.9 Å². The number of hydrogen-bond acceptors (Lipinski definition) is 5. The van der Waals surface area contributed by atoms with E-state index >= 15 is 0 Å². The highest BCUT2D eigenvalue weighted by atomic mass is 32.2. The third-order valence-corrected chi connectivity index (χ3v) is 3.18. The summed E-state index contributed by atoms with van der Waals surface area (Å²) in [7, 11) is -3.42. The van der Waals surface area contributed by atoms with Gasteiger partial charge >= 0.3 is 0 Å². The van der Waals surface area contributed by atoms with Crippen molar-refractivity contribution in [3.8, 4) is 0 Å². The summed E-state index contributed by atoms with van der Waals surface area (Å²) in [6, 6.07) is -0.510. The third kappa shape index (κ3) is 4.59. The fourth-order valence-electron chi connectivity index (χ4n) is 1.70. The van der Waals surface area contributed by atoms with E-state index in [0.29, 0.717) is 0 Å². The highest BCUT2D eigenvalue weighted by Gasteiger charge is 2.34. The van der Waals surface area contributed by atoms with E-state index < -0.39 is 28.1 Å². The summed E-state index contributed by atoms with van der Waals surface area (Å²) in [5, 5.41) is 12.2. The number of carbonyl (C=O) groups excluding carboxylic acids is 2. The Morgan fingerprint density at radius 2 is 2.00 bits per heavy atom. The first-order valence-corrected chi connectivity index (χ1v) is 7.26. The van der Waals surface area contributed by atoms with Crippen molar-refractivity contribution in [1.29, 1.82) is 0 Å². The van der Waals surface area contributed by atoms with Gasteiger partial charge in [-0.05, 0) is 0 Å². The van der Waals surface area contributed by atoms with Crippen molar-refractivity contribution in [1.82, 2.24) is 14.9 Å². The Morgan fingerprint density at radius 3 is 2.50 bits per heavy atom. The van der Waals surface area contributed by atoms with E-state index in [2.05, 4.69) is 10.0 Å². The lowest BCUT2D eigenvalue weighted by atomic mass is 10.2. The van der Waals surface area contributed by atoms with E-state index in [4.69, 9.17) is 0 Å². The van der Waals surface area contributed by atoms with E-state index in [0.717, 1.165) is 6.26 Å². The minimum Gasteiger partial charge on any atom is -0.389 e. The molecule has 0 saturated carbocycles. The van der Waals surface area contributed by atoms with Crippen molar-refractivity contribution < 1.29 is 23.1 Å². The number of nitrogens with zero attached hydrogens (tertiary/aromatic N) is 1. The first-order valence-electron chi connectivity index (χ1n) is 5.36. The molecule has 1 aliphatic heterocycles. The Morgan fingerprint density at radius 1 is 1.39 bits per heavy atom. The van der Waals surface area contributed by atoms with Crippen molar-refractivity contribution in [2.45, 2.75) is 19.1 Å². The van der Waals surface area contributed by atoms with Crippen LogP contribution in [-0.4, -0.2) is 68.3 Å². The first kappa shape index (κ1) is 14.9. The standard InChI is InChI=1S/C9H17N3O5S/c1-6(13)11-7-4-12(5-8(7)14)9(15)3-10-18(2,16)17/h7-8,10,14H,3-5H2,1-2H3,(H,11,13)/t7-,8-/m1/s1. The Bertz CT molecular complexity index is 435. The van der Waals surface area contributed by atoms with Gasteiger partial charge in [-0.15, -0.1) is 0 Å². The maximum Gasteiger partial charge on any atom is 0.237 e. The molecule has 0 radical (unpaired) electrons. The molecule has 18 heavy (non-hydrogen) atoms. The second-order valence-corrected chi connectivity index (χ2v) is 6.10. The number of hydrogen-bond donors (Lipinski definition) is 3. The fourth-order valence-corrected chi connectivity index (χ4v) is 2.08. The van der Waals surface area contributed by atoms with Crippen molar-refractivity contribution in [3.63, 3.8) is 0 Å². The Balaban J connectivity index is 2.49. The molecule has 2 atom stereocenters. The molecule has 9 heteroatoms. The average Bonchev–Trinajstić information content (AvgIpc) is 2.55. The lowest BCUT2D eigenvalue weighted by Crippen LogP contribution is -2.42. The molecule has 0 bridgehead atoms. The van der Waals surface area contributed by atoms with Gasteiger partial charge in [-0.2, -0.15) is 0 Å². The summed E-state index contributed by atoms with van der Waals surface area (Å²) in [6.07, 6.45) is 0.121. The largest absolute Gasteiger partial charge is 0.389 e. The molecule has 2 amide bonds. The van der Waals surface area contributed by atoms with Crippen LogP contribution in [0.2, 0.25) is 0 Å². The number of nitrogens with one attached hydrogen (secondary N) is 2. The van der Waals surface area contributed by atoms with Crippen molar-refractivity contribution in [2.75, 3.05) is 25.9 Å². The molecule has 1 saturated heterocycles. The lowest BCUT2D eigenvalue weighted by molar-refractivity contribution is -0.129.